The number of rotatable bonds is 34. The van der Waals surface area contributed by atoms with Crippen molar-refractivity contribution in [1.82, 2.24) is 0 Å². The second-order valence-corrected chi connectivity index (χ2v) is 14.3. The minimum absolute atomic E-state index is 0.0830. The van der Waals surface area contributed by atoms with E-state index < -0.39 is 5.60 Å². The Balaban J connectivity index is 1.85. The van der Waals surface area contributed by atoms with E-state index in [0.717, 1.165) is 31.6 Å². The molecule has 0 spiro atoms. The molecule has 1 atom stereocenters. The molecule has 0 saturated carbocycles. The van der Waals surface area contributed by atoms with Crippen LogP contribution in [-0.4, -0.2) is 30.6 Å². The van der Waals surface area contributed by atoms with E-state index in [1.807, 2.05) is 6.92 Å². The monoisotopic (exact) mass is 620 g/mol. The third kappa shape index (κ3) is 26.2. The van der Waals surface area contributed by atoms with Gasteiger partial charge in [0.15, 0.2) is 11.5 Å². The number of carbonyl (C=O) groups excluding carboxylic acids is 1. The zero-order chi connectivity index (χ0) is 31.8. The molecule has 1 heterocycles. The Bertz CT molecular complexity index is 663. The number of ether oxygens (including phenoxy) is 2. The Morgan fingerprint density at radius 3 is 1.30 bits per heavy atom. The third-order valence-electron chi connectivity index (χ3n) is 9.47. The van der Waals surface area contributed by atoms with Crippen LogP contribution in [0, 0.1) is 0 Å². The van der Waals surface area contributed by atoms with Crippen molar-refractivity contribution in [2.24, 2.45) is 4.99 Å². The fraction of sp³-hybridized carbons (Fsp3) is 0.950. The molecule has 1 unspecified atom stereocenters. The summed E-state index contributed by atoms with van der Waals surface area (Å²) in [7, 11) is 0. The Labute approximate surface area is 275 Å². The highest BCUT2D eigenvalue weighted by Gasteiger charge is 2.34. The molecule has 1 aliphatic rings. The predicted molar refractivity (Wildman–Crippen MR) is 192 cm³/mol. The normalized spacial score (nSPS) is 16.3. The van der Waals surface area contributed by atoms with Gasteiger partial charge < -0.3 is 9.47 Å². The van der Waals surface area contributed by atoms with Gasteiger partial charge >= 0.3 is 5.97 Å². The van der Waals surface area contributed by atoms with Crippen LogP contribution in [0.15, 0.2) is 4.99 Å². The fourth-order valence-electron chi connectivity index (χ4n) is 6.40. The number of hydrogen-bond donors (Lipinski definition) is 0. The van der Waals surface area contributed by atoms with E-state index in [4.69, 9.17) is 9.47 Å². The maximum Gasteiger partial charge on any atom is 0.305 e. The standard InChI is InChI=1S/C40H77NO3/c1-4-6-8-10-12-14-16-18-20-22-24-26-28-30-32-34-38-41-36-40(3,44-38)37-43-39(42)35-33-31-29-27-25-23-21-19-17-15-13-11-9-7-5-2/h4-37H2,1-3H3. The SMILES string of the molecule is CCCCCCCCCCCCCCCCCC(=O)OCC1(C)CN=C(CCCCCCCCCCCCCCCCC)O1. The van der Waals surface area contributed by atoms with Crippen molar-refractivity contribution in [3.05, 3.63) is 0 Å². The first-order valence-electron chi connectivity index (χ1n) is 20.0. The Hall–Kier alpha value is -1.06. The molecule has 0 saturated heterocycles. The highest BCUT2D eigenvalue weighted by Crippen LogP contribution is 2.22. The quantitative estimate of drug-likeness (QED) is 0.0532. The first-order valence-corrected chi connectivity index (χ1v) is 20.0. The largest absolute Gasteiger partial charge is 0.469 e. The lowest BCUT2D eigenvalue weighted by atomic mass is 10.0. The zero-order valence-electron chi connectivity index (χ0n) is 30.2. The number of hydrogen-bond acceptors (Lipinski definition) is 4. The summed E-state index contributed by atoms with van der Waals surface area (Å²) in [6, 6.07) is 0. The van der Waals surface area contributed by atoms with Gasteiger partial charge in [0.1, 0.15) is 6.61 Å². The Kier molecular flexibility index (Phi) is 28.5. The summed E-state index contributed by atoms with van der Waals surface area (Å²) >= 11 is 0. The van der Waals surface area contributed by atoms with Crippen molar-refractivity contribution in [1.29, 1.82) is 0 Å². The first kappa shape index (κ1) is 41.0. The second kappa shape index (κ2) is 30.6. The van der Waals surface area contributed by atoms with Crippen molar-refractivity contribution >= 4 is 11.9 Å². The van der Waals surface area contributed by atoms with Crippen molar-refractivity contribution < 1.29 is 14.3 Å². The lowest BCUT2D eigenvalue weighted by Gasteiger charge is -2.23. The summed E-state index contributed by atoms with van der Waals surface area (Å²) in [6.07, 6.45) is 42.2. The van der Waals surface area contributed by atoms with Gasteiger partial charge in [0.25, 0.3) is 0 Å². The van der Waals surface area contributed by atoms with Gasteiger partial charge in [-0.05, 0) is 19.8 Å². The van der Waals surface area contributed by atoms with Crippen LogP contribution in [0.4, 0.5) is 0 Å². The van der Waals surface area contributed by atoms with Crippen LogP contribution in [0.2, 0.25) is 0 Å². The van der Waals surface area contributed by atoms with Crippen LogP contribution in [0.5, 0.6) is 0 Å². The van der Waals surface area contributed by atoms with Crippen molar-refractivity contribution in [3.63, 3.8) is 0 Å². The van der Waals surface area contributed by atoms with Crippen LogP contribution in [0.1, 0.15) is 226 Å². The van der Waals surface area contributed by atoms with Gasteiger partial charge in [0.05, 0.1) is 6.54 Å². The molecule has 0 aromatic heterocycles. The molecule has 0 radical (unpaired) electrons. The summed E-state index contributed by atoms with van der Waals surface area (Å²) in [5, 5.41) is 0. The molecule has 1 aliphatic heterocycles. The maximum atomic E-state index is 12.3. The first-order chi connectivity index (χ1) is 21.6. The van der Waals surface area contributed by atoms with E-state index in [-0.39, 0.29) is 5.97 Å². The molecule has 0 aromatic rings. The minimum Gasteiger partial charge on any atom is -0.469 e. The smallest absolute Gasteiger partial charge is 0.305 e. The molecule has 0 aliphatic carbocycles. The van der Waals surface area contributed by atoms with Gasteiger partial charge in [0, 0.05) is 12.8 Å². The second-order valence-electron chi connectivity index (χ2n) is 14.3. The van der Waals surface area contributed by atoms with Crippen LogP contribution in [0.25, 0.3) is 0 Å². The highest BCUT2D eigenvalue weighted by molar-refractivity contribution is 5.78. The predicted octanol–water partition coefficient (Wildman–Crippen LogP) is 13.2. The zero-order valence-corrected chi connectivity index (χ0v) is 30.2. The lowest BCUT2D eigenvalue weighted by Crippen LogP contribution is -2.36. The van der Waals surface area contributed by atoms with Gasteiger partial charge in [-0.15, -0.1) is 0 Å². The van der Waals surface area contributed by atoms with Crippen molar-refractivity contribution in [3.8, 4) is 0 Å². The molecular weight excluding hydrogens is 542 g/mol. The lowest BCUT2D eigenvalue weighted by molar-refractivity contribution is -0.149. The molecule has 0 aromatic carbocycles. The van der Waals surface area contributed by atoms with E-state index in [2.05, 4.69) is 18.8 Å². The molecule has 44 heavy (non-hydrogen) atoms. The Morgan fingerprint density at radius 2 is 0.909 bits per heavy atom. The number of unbranched alkanes of at least 4 members (excludes halogenated alkanes) is 28. The molecule has 0 bridgehead atoms. The number of esters is 1. The molecule has 0 amide bonds. The van der Waals surface area contributed by atoms with Gasteiger partial charge in [-0.2, -0.15) is 0 Å². The molecule has 260 valence electrons. The molecular formula is C40H77NO3. The number of carbonyl (C=O) groups is 1. The van der Waals surface area contributed by atoms with Crippen LogP contribution in [-0.2, 0) is 14.3 Å². The molecule has 4 nitrogen and oxygen atoms in total. The van der Waals surface area contributed by atoms with E-state index in [9.17, 15) is 4.79 Å². The van der Waals surface area contributed by atoms with Gasteiger partial charge in [-0.25, -0.2) is 0 Å². The van der Waals surface area contributed by atoms with E-state index in [1.54, 1.807) is 0 Å². The highest BCUT2D eigenvalue weighted by atomic mass is 16.6. The Morgan fingerprint density at radius 1 is 0.568 bits per heavy atom. The maximum absolute atomic E-state index is 12.3. The van der Waals surface area contributed by atoms with Crippen molar-refractivity contribution in [2.75, 3.05) is 13.2 Å². The van der Waals surface area contributed by atoms with E-state index in [1.165, 1.54) is 173 Å². The van der Waals surface area contributed by atoms with Gasteiger partial charge in [-0.1, -0.05) is 194 Å². The van der Waals surface area contributed by atoms with Crippen LogP contribution < -0.4 is 0 Å². The van der Waals surface area contributed by atoms with Gasteiger partial charge in [-0.3, -0.25) is 9.79 Å². The van der Waals surface area contributed by atoms with Crippen LogP contribution >= 0.6 is 0 Å². The fourth-order valence-corrected chi connectivity index (χ4v) is 6.40. The summed E-state index contributed by atoms with van der Waals surface area (Å²) < 4.78 is 11.7. The summed E-state index contributed by atoms with van der Waals surface area (Å²) in [5.41, 5.74) is -0.477. The van der Waals surface area contributed by atoms with E-state index in [0.29, 0.717) is 19.6 Å². The summed E-state index contributed by atoms with van der Waals surface area (Å²) in [4.78, 5) is 16.9. The number of aliphatic imine (C=N–C) groups is 1. The number of nitrogens with zero attached hydrogens (tertiary/aromatic N) is 1. The average Bonchev–Trinajstić information content (AvgIpc) is 3.40. The molecule has 4 heteroatoms. The molecule has 1 rings (SSSR count). The van der Waals surface area contributed by atoms with Crippen molar-refractivity contribution in [2.45, 2.75) is 232 Å². The average molecular weight is 620 g/mol. The summed E-state index contributed by atoms with van der Waals surface area (Å²) in [6.45, 7) is 7.52. The van der Waals surface area contributed by atoms with Crippen LogP contribution in [0.3, 0.4) is 0 Å². The minimum atomic E-state index is -0.477. The molecule has 0 fully saturated rings. The molecule has 0 N–H and O–H groups in total. The van der Waals surface area contributed by atoms with Gasteiger partial charge in [0.2, 0.25) is 0 Å². The topological polar surface area (TPSA) is 47.9 Å². The summed E-state index contributed by atoms with van der Waals surface area (Å²) in [5.74, 6) is 0.779. The van der Waals surface area contributed by atoms with E-state index >= 15 is 0 Å². The third-order valence-corrected chi connectivity index (χ3v) is 9.47.